The Kier molecular flexibility index (Phi) is 2.93. The molecule has 1 aliphatic heterocycles. The summed E-state index contributed by atoms with van der Waals surface area (Å²) in [5.74, 6) is 0.308. The standard InChI is InChI=1S/C10H14N6O3/c11-8-7-9(15-10(12)14-8)16(4-13-7)6-3-18-5(1-17)2-19-6/h4-6,17H,1-3H2,(H4,11,12,14,15). The van der Waals surface area contributed by atoms with Gasteiger partial charge in [0, 0.05) is 0 Å². The molecular formula is C10H14N6O3. The third-order valence-electron chi connectivity index (χ3n) is 2.93. The van der Waals surface area contributed by atoms with Gasteiger partial charge in [-0.1, -0.05) is 0 Å². The second kappa shape index (κ2) is 4.61. The number of nitrogen functional groups attached to an aromatic ring is 2. The van der Waals surface area contributed by atoms with E-state index in [9.17, 15) is 0 Å². The number of fused-ring (bicyclic) bond motifs is 1. The number of imidazole rings is 1. The predicted octanol–water partition coefficient (Wildman–Crippen LogP) is -1.10. The van der Waals surface area contributed by atoms with E-state index in [1.54, 1.807) is 10.9 Å². The number of ether oxygens (including phenoxy) is 2. The van der Waals surface area contributed by atoms with Crippen molar-refractivity contribution in [1.82, 2.24) is 19.5 Å². The monoisotopic (exact) mass is 266 g/mol. The number of rotatable bonds is 2. The Morgan fingerprint density at radius 3 is 2.84 bits per heavy atom. The van der Waals surface area contributed by atoms with E-state index in [0.717, 1.165) is 0 Å². The van der Waals surface area contributed by atoms with Crippen LogP contribution in [-0.2, 0) is 9.47 Å². The van der Waals surface area contributed by atoms with Crippen molar-refractivity contribution in [2.24, 2.45) is 0 Å². The van der Waals surface area contributed by atoms with Crippen LogP contribution in [0.2, 0.25) is 0 Å². The molecule has 3 heterocycles. The van der Waals surface area contributed by atoms with E-state index in [4.69, 9.17) is 26.0 Å². The molecule has 102 valence electrons. The minimum Gasteiger partial charge on any atom is -0.394 e. The van der Waals surface area contributed by atoms with Crippen molar-refractivity contribution in [2.75, 3.05) is 31.3 Å². The Balaban J connectivity index is 1.93. The van der Waals surface area contributed by atoms with Gasteiger partial charge in [0.05, 0.1) is 26.1 Å². The maximum Gasteiger partial charge on any atom is 0.224 e. The first-order valence-corrected chi connectivity index (χ1v) is 5.78. The molecule has 0 radical (unpaired) electrons. The fraction of sp³-hybridized carbons (Fsp3) is 0.500. The molecule has 0 amide bonds. The zero-order valence-electron chi connectivity index (χ0n) is 10.1. The number of nitrogens with zero attached hydrogens (tertiary/aromatic N) is 4. The number of anilines is 2. The fourth-order valence-corrected chi connectivity index (χ4v) is 1.97. The molecule has 0 spiro atoms. The highest BCUT2D eigenvalue weighted by molar-refractivity contribution is 5.82. The van der Waals surface area contributed by atoms with E-state index in [1.165, 1.54) is 0 Å². The van der Waals surface area contributed by atoms with Crippen LogP contribution < -0.4 is 11.5 Å². The molecule has 9 nitrogen and oxygen atoms in total. The highest BCUT2D eigenvalue weighted by Crippen LogP contribution is 2.23. The molecule has 2 unspecified atom stereocenters. The topological polar surface area (TPSA) is 134 Å². The molecule has 0 bridgehead atoms. The fourth-order valence-electron chi connectivity index (χ4n) is 1.97. The summed E-state index contributed by atoms with van der Waals surface area (Å²) < 4.78 is 12.7. The van der Waals surface area contributed by atoms with Crippen LogP contribution in [0.15, 0.2) is 6.33 Å². The molecule has 5 N–H and O–H groups in total. The van der Waals surface area contributed by atoms with Crippen LogP contribution in [0.5, 0.6) is 0 Å². The van der Waals surface area contributed by atoms with Crippen LogP contribution in [-0.4, -0.2) is 50.6 Å². The number of hydrogen-bond acceptors (Lipinski definition) is 8. The van der Waals surface area contributed by atoms with Crippen molar-refractivity contribution in [3.05, 3.63) is 6.33 Å². The SMILES string of the molecule is Nc1nc(N)c2ncn(C3COC(CO)CO3)c2n1. The van der Waals surface area contributed by atoms with E-state index >= 15 is 0 Å². The van der Waals surface area contributed by atoms with Gasteiger partial charge in [0.15, 0.2) is 17.7 Å². The van der Waals surface area contributed by atoms with Crippen LogP contribution in [0.4, 0.5) is 11.8 Å². The van der Waals surface area contributed by atoms with E-state index in [2.05, 4.69) is 15.0 Å². The highest BCUT2D eigenvalue weighted by atomic mass is 16.6. The van der Waals surface area contributed by atoms with Crippen molar-refractivity contribution in [1.29, 1.82) is 0 Å². The van der Waals surface area contributed by atoms with Crippen LogP contribution in [0, 0.1) is 0 Å². The van der Waals surface area contributed by atoms with Gasteiger partial charge in [0.25, 0.3) is 0 Å². The summed E-state index contributed by atoms with van der Waals surface area (Å²) >= 11 is 0. The molecule has 19 heavy (non-hydrogen) atoms. The van der Waals surface area contributed by atoms with Crippen LogP contribution in [0.25, 0.3) is 11.2 Å². The Hall–Kier alpha value is -1.97. The van der Waals surface area contributed by atoms with Gasteiger partial charge in [-0.25, -0.2) is 4.98 Å². The summed E-state index contributed by atoms with van der Waals surface area (Å²) in [7, 11) is 0. The molecule has 0 aromatic carbocycles. The molecule has 0 saturated carbocycles. The summed E-state index contributed by atoms with van der Waals surface area (Å²) in [4.78, 5) is 12.1. The van der Waals surface area contributed by atoms with E-state index in [-0.39, 0.29) is 30.7 Å². The molecule has 1 aliphatic rings. The molecule has 1 saturated heterocycles. The van der Waals surface area contributed by atoms with Crippen molar-refractivity contribution >= 4 is 22.9 Å². The average Bonchev–Trinajstić information content (AvgIpc) is 2.83. The zero-order chi connectivity index (χ0) is 13.4. The highest BCUT2D eigenvalue weighted by Gasteiger charge is 2.25. The maximum atomic E-state index is 8.97. The number of nitrogens with two attached hydrogens (primary N) is 2. The van der Waals surface area contributed by atoms with Gasteiger partial charge in [0.1, 0.15) is 11.6 Å². The van der Waals surface area contributed by atoms with Crippen LogP contribution in [0.3, 0.4) is 0 Å². The van der Waals surface area contributed by atoms with Gasteiger partial charge in [-0.2, -0.15) is 9.97 Å². The van der Waals surface area contributed by atoms with Gasteiger partial charge in [-0.3, -0.25) is 4.57 Å². The molecule has 2 aromatic heterocycles. The second-order valence-corrected chi connectivity index (χ2v) is 4.22. The summed E-state index contributed by atoms with van der Waals surface area (Å²) in [6.07, 6.45) is 0.889. The molecule has 2 atom stereocenters. The summed E-state index contributed by atoms with van der Waals surface area (Å²) in [6.45, 7) is 0.525. The third kappa shape index (κ3) is 2.07. The van der Waals surface area contributed by atoms with E-state index in [0.29, 0.717) is 24.4 Å². The van der Waals surface area contributed by atoms with Crippen LogP contribution in [0.1, 0.15) is 6.23 Å². The minimum atomic E-state index is -0.374. The second-order valence-electron chi connectivity index (χ2n) is 4.22. The number of aliphatic hydroxyl groups excluding tert-OH is 1. The lowest BCUT2D eigenvalue weighted by molar-refractivity contribution is -0.169. The van der Waals surface area contributed by atoms with Gasteiger partial charge in [0.2, 0.25) is 5.95 Å². The van der Waals surface area contributed by atoms with Crippen LogP contribution >= 0.6 is 0 Å². The Morgan fingerprint density at radius 1 is 1.32 bits per heavy atom. The summed E-state index contributed by atoms with van der Waals surface area (Å²) in [6, 6.07) is 0. The first-order chi connectivity index (χ1) is 9.19. The Bertz CT molecular complexity index is 592. The average molecular weight is 266 g/mol. The lowest BCUT2D eigenvalue weighted by atomic mass is 10.3. The lowest BCUT2D eigenvalue weighted by Gasteiger charge is -2.29. The zero-order valence-corrected chi connectivity index (χ0v) is 10.1. The Labute approximate surface area is 108 Å². The Morgan fingerprint density at radius 2 is 2.16 bits per heavy atom. The lowest BCUT2D eigenvalue weighted by Crippen LogP contribution is -2.35. The van der Waals surface area contributed by atoms with E-state index < -0.39 is 0 Å². The van der Waals surface area contributed by atoms with Gasteiger partial charge in [-0.05, 0) is 0 Å². The maximum absolute atomic E-state index is 8.97. The number of aromatic nitrogens is 4. The summed E-state index contributed by atoms with van der Waals surface area (Å²) in [5, 5.41) is 8.97. The van der Waals surface area contributed by atoms with Crippen molar-refractivity contribution in [2.45, 2.75) is 12.3 Å². The normalized spacial score (nSPS) is 23.8. The molecule has 2 aromatic rings. The van der Waals surface area contributed by atoms with Crippen molar-refractivity contribution < 1.29 is 14.6 Å². The van der Waals surface area contributed by atoms with Gasteiger partial charge >= 0.3 is 0 Å². The minimum absolute atomic E-state index is 0.0700. The molecule has 9 heteroatoms. The van der Waals surface area contributed by atoms with E-state index in [1.807, 2.05) is 0 Å². The molecule has 3 rings (SSSR count). The van der Waals surface area contributed by atoms with Crippen molar-refractivity contribution in [3.8, 4) is 0 Å². The van der Waals surface area contributed by atoms with Crippen molar-refractivity contribution in [3.63, 3.8) is 0 Å². The molecule has 1 fully saturated rings. The third-order valence-corrected chi connectivity index (χ3v) is 2.93. The summed E-state index contributed by atoms with van der Waals surface area (Å²) in [5.41, 5.74) is 12.3. The predicted molar refractivity (Wildman–Crippen MR) is 66.0 cm³/mol. The number of aliphatic hydroxyl groups is 1. The quantitative estimate of drug-likeness (QED) is 0.623. The first-order valence-electron chi connectivity index (χ1n) is 5.78. The molecule has 0 aliphatic carbocycles. The largest absolute Gasteiger partial charge is 0.394 e. The first kappa shape index (κ1) is 12.1. The van der Waals surface area contributed by atoms with Gasteiger partial charge in [-0.15, -0.1) is 0 Å². The van der Waals surface area contributed by atoms with Gasteiger partial charge < -0.3 is 26.0 Å². The molecular weight excluding hydrogens is 252 g/mol. The number of hydrogen-bond donors (Lipinski definition) is 3. The smallest absolute Gasteiger partial charge is 0.224 e.